The molecule has 0 heterocycles. The first-order valence-corrected chi connectivity index (χ1v) is 3.87. The van der Waals surface area contributed by atoms with Gasteiger partial charge in [-0.2, -0.15) is 13.2 Å². The van der Waals surface area contributed by atoms with Crippen LogP contribution in [-0.4, -0.2) is 5.11 Å². The maximum absolute atomic E-state index is 12.6. The highest BCUT2D eigenvalue weighted by atomic mass is 19.4. The maximum Gasteiger partial charge on any atom is 0.416 e. The Morgan fingerprint density at radius 3 is 2.29 bits per heavy atom. The molecule has 1 aromatic rings. The molecule has 0 aliphatic rings. The minimum Gasteiger partial charge on any atom is -0.389 e. The molecule has 0 unspecified atom stereocenters. The predicted molar refractivity (Wildman–Crippen MR) is 42.0 cm³/mol. The Morgan fingerprint density at radius 2 is 1.86 bits per heavy atom. The first-order valence-electron chi connectivity index (χ1n) is 3.87. The largest absolute Gasteiger partial charge is 0.416 e. The van der Waals surface area contributed by atoms with Crippen molar-refractivity contribution in [3.63, 3.8) is 0 Å². The third-order valence-corrected chi connectivity index (χ3v) is 1.77. The number of hydrogen-bond acceptors (Lipinski definition) is 1. The number of halogens is 4. The Labute approximate surface area is 78.0 Å². The Bertz CT molecular complexity index is 330. The van der Waals surface area contributed by atoms with Crippen molar-refractivity contribution in [2.45, 2.75) is 19.2 Å². The summed E-state index contributed by atoms with van der Waals surface area (Å²) in [6, 6.07) is 2.20. The number of aliphatic hydroxyl groups excluding tert-OH is 1. The van der Waals surface area contributed by atoms with Crippen LogP contribution in [0.4, 0.5) is 17.6 Å². The zero-order valence-electron chi connectivity index (χ0n) is 7.27. The van der Waals surface area contributed by atoms with E-state index in [1.165, 1.54) is 6.92 Å². The number of benzene rings is 1. The molecule has 0 saturated carbocycles. The van der Waals surface area contributed by atoms with Crippen molar-refractivity contribution in [3.05, 3.63) is 35.1 Å². The minimum atomic E-state index is -4.64. The molecule has 1 N–H and O–H groups in total. The molecule has 5 heteroatoms. The summed E-state index contributed by atoms with van der Waals surface area (Å²) in [5.41, 5.74) is -1.45. The fourth-order valence-corrected chi connectivity index (χ4v) is 1.14. The Hall–Kier alpha value is -1.10. The van der Waals surface area contributed by atoms with Crippen LogP contribution in [0.25, 0.3) is 0 Å². The maximum atomic E-state index is 12.6. The first-order chi connectivity index (χ1) is 6.32. The van der Waals surface area contributed by atoms with Crippen LogP contribution >= 0.6 is 0 Å². The summed E-state index contributed by atoms with van der Waals surface area (Å²) in [6.07, 6.45) is -5.92. The van der Waals surface area contributed by atoms with E-state index in [0.29, 0.717) is 6.07 Å². The van der Waals surface area contributed by atoms with E-state index in [1.807, 2.05) is 0 Å². The quantitative estimate of drug-likeness (QED) is 0.703. The van der Waals surface area contributed by atoms with Crippen molar-refractivity contribution in [1.29, 1.82) is 0 Å². The van der Waals surface area contributed by atoms with E-state index in [4.69, 9.17) is 5.11 Å². The van der Waals surface area contributed by atoms with E-state index < -0.39 is 23.7 Å². The molecule has 0 bridgehead atoms. The molecule has 14 heavy (non-hydrogen) atoms. The molecule has 0 aliphatic carbocycles. The normalized spacial score (nSPS) is 14.1. The molecule has 0 saturated heterocycles. The summed E-state index contributed by atoms with van der Waals surface area (Å²) in [7, 11) is 0. The van der Waals surface area contributed by atoms with Gasteiger partial charge in [0.2, 0.25) is 0 Å². The fraction of sp³-hybridized carbons (Fsp3) is 0.333. The first kappa shape index (κ1) is 11.0. The van der Waals surface area contributed by atoms with Gasteiger partial charge in [0.05, 0.1) is 11.7 Å². The standard InChI is InChI=1S/C9H8F4O/c1-5(14)7-3-2-6(10)4-8(7)9(11,12)13/h2-5,14H,1H3/t5-/m0/s1. The van der Waals surface area contributed by atoms with Gasteiger partial charge in [-0.05, 0) is 24.6 Å². The Morgan fingerprint density at radius 1 is 1.29 bits per heavy atom. The minimum absolute atomic E-state index is 0.320. The molecule has 0 fully saturated rings. The third-order valence-electron chi connectivity index (χ3n) is 1.77. The van der Waals surface area contributed by atoms with Gasteiger partial charge in [-0.3, -0.25) is 0 Å². The van der Waals surface area contributed by atoms with Gasteiger partial charge in [-0.1, -0.05) is 6.07 Å². The van der Waals surface area contributed by atoms with Gasteiger partial charge in [-0.15, -0.1) is 0 Å². The number of alkyl halides is 3. The van der Waals surface area contributed by atoms with Crippen molar-refractivity contribution in [3.8, 4) is 0 Å². The summed E-state index contributed by atoms with van der Waals surface area (Å²) in [4.78, 5) is 0. The zero-order valence-corrected chi connectivity index (χ0v) is 7.27. The van der Waals surface area contributed by atoms with Crippen LogP contribution in [0.5, 0.6) is 0 Å². The van der Waals surface area contributed by atoms with Gasteiger partial charge in [0.1, 0.15) is 5.82 Å². The molecule has 1 nitrogen and oxygen atoms in total. The molecule has 1 atom stereocenters. The molecule has 1 rings (SSSR count). The molecule has 0 spiro atoms. The molecule has 0 aliphatic heterocycles. The van der Waals surface area contributed by atoms with Crippen molar-refractivity contribution < 1.29 is 22.7 Å². The van der Waals surface area contributed by atoms with Crippen LogP contribution < -0.4 is 0 Å². The number of aliphatic hydroxyl groups is 1. The lowest BCUT2D eigenvalue weighted by atomic mass is 10.0. The van der Waals surface area contributed by atoms with Crippen LogP contribution in [0.3, 0.4) is 0 Å². The highest BCUT2D eigenvalue weighted by Crippen LogP contribution is 2.34. The van der Waals surface area contributed by atoms with Gasteiger partial charge < -0.3 is 5.11 Å². The average Bonchev–Trinajstić information content (AvgIpc) is 2.01. The number of rotatable bonds is 1. The topological polar surface area (TPSA) is 20.2 Å². The number of hydrogen-bond donors (Lipinski definition) is 1. The second-order valence-corrected chi connectivity index (χ2v) is 2.91. The van der Waals surface area contributed by atoms with E-state index in [1.54, 1.807) is 0 Å². The van der Waals surface area contributed by atoms with Gasteiger partial charge in [0.25, 0.3) is 0 Å². The smallest absolute Gasteiger partial charge is 0.389 e. The summed E-state index contributed by atoms with van der Waals surface area (Å²) >= 11 is 0. The fourth-order valence-electron chi connectivity index (χ4n) is 1.14. The summed E-state index contributed by atoms with van der Waals surface area (Å²) in [6.45, 7) is 1.20. The molecule has 0 radical (unpaired) electrons. The van der Waals surface area contributed by atoms with E-state index in [9.17, 15) is 17.6 Å². The van der Waals surface area contributed by atoms with Crippen molar-refractivity contribution >= 4 is 0 Å². The van der Waals surface area contributed by atoms with E-state index in [-0.39, 0.29) is 5.56 Å². The summed E-state index contributed by atoms with van der Waals surface area (Å²) in [5.74, 6) is -0.971. The summed E-state index contributed by atoms with van der Waals surface area (Å²) in [5, 5.41) is 9.04. The van der Waals surface area contributed by atoms with Gasteiger partial charge in [0, 0.05) is 0 Å². The monoisotopic (exact) mass is 208 g/mol. The molecule has 0 amide bonds. The Kier molecular flexibility index (Phi) is 2.80. The zero-order chi connectivity index (χ0) is 10.9. The van der Waals surface area contributed by atoms with E-state index in [0.717, 1.165) is 12.1 Å². The van der Waals surface area contributed by atoms with Crippen LogP contribution in [0.2, 0.25) is 0 Å². The van der Waals surface area contributed by atoms with Crippen LogP contribution in [0.1, 0.15) is 24.2 Å². The highest BCUT2D eigenvalue weighted by molar-refractivity contribution is 5.31. The lowest BCUT2D eigenvalue weighted by molar-refractivity contribution is -0.139. The Balaban J connectivity index is 3.30. The van der Waals surface area contributed by atoms with Gasteiger partial charge in [-0.25, -0.2) is 4.39 Å². The predicted octanol–water partition coefficient (Wildman–Crippen LogP) is 2.90. The second kappa shape index (κ2) is 3.57. The molecular formula is C9H8F4O. The van der Waals surface area contributed by atoms with Crippen molar-refractivity contribution in [2.75, 3.05) is 0 Å². The molecule has 78 valence electrons. The van der Waals surface area contributed by atoms with Crippen LogP contribution in [0.15, 0.2) is 18.2 Å². The van der Waals surface area contributed by atoms with Gasteiger partial charge >= 0.3 is 6.18 Å². The van der Waals surface area contributed by atoms with E-state index >= 15 is 0 Å². The molecule has 1 aromatic carbocycles. The lowest BCUT2D eigenvalue weighted by Crippen LogP contribution is -2.11. The van der Waals surface area contributed by atoms with Gasteiger partial charge in [0.15, 0.2) is 0 Å². The average molecular weight is 208 g/mol. The highest BCUT2D eigenvalue weighted by Gasteiger charge is 2.34. The second-order valence-electron chi connectivity index (χ2n) is 2.91. The molecular weight excluding hydrogens is 200 g/mol. The SMILES string of the molecule is C[C@H](O)c1ccc(F)cc1C(F)(F)F. The molecule has 0 aromatic heterocycles. The van der Waals surface area contributed by atoms with E-state index in [2.05, 4.69) is 0 Å². The van der Waals surface area contributed by atoms with Crippen molar-refractivity contribution in [2.24, 2.45) is 0 Å². The van der Waals surface area contributed by atoms with Crippen molar-refractivity contribution in [1.82, 2.24) is 0 Å². The van der Waals surface area contributed by atoms with Crippen LogP contribution in [-0.2, 0) is 6.18 Å². The summed E-state index contributed by atoms with van der Waals surface area (Å²) < 4.78 is 49.5. The van der Waals surface area contributed by atoms with Crippen LogP contribution in [0, 0.1) is 5.82 Å². The lowest BCUT2D eigenvalue weighted by Gasteiger charge is -2.14. The third kappa shape index (κ3) is 2.23.